The molecule has 2 unspecified atom stereocenters. The standard InChI is InChI=1S/C42H52N4O7/c1-6-39(49)20-25-21-41(37(47)52-4,34-28(13-16-45(23-25)24-39)27-11-7-8-12-31(27)43-34)30-18-29-32(19-33(30)51-3)44(2)36-40(29)14-17-46-15-9-10-26(35(40)46)22-42(36,50)38(48)53-5/h7-12,18-19,25-26,35-36,43,49-50H,6,13-17,20-24H2,1-5H3/t25-,26-,35-,36+,39?,40+,41-,42+/m0/s1. The molecule has 2 saturated heterocycles. The van der Waals surface area contributed by atoms with Crippen LogP contribution in [-0.2, 0) is 36.3 Å². The molecule has 3 N–H and O–H groups in total. The second-order valence-electron chi connectivity index (χ2n) is 16.8. The van der Waals surface area contributed by atoms with Gasteiger partial charge in [0.1, 0.15) is 11.2 Å². The first-order valence-corrected chi connectivity index (χ1v) is 19.3. The van der Waals surface area contributed by atoms with Gasteiger partial charge in [0.05, 0.1) is 33.0 Å². The fourth-order valence-corrected chi connectivity index (χ4v) is 12.4. The Morgan fingerprint density at radius 3 is 2.55 bits per heavy atom. The minimum atomic E-state index is -1.77. The second kappa shape index (κ2) is 12.1. The number of para-hydroxylation sites is 1. The molecule has 282 valence electrons. The highest BCUT2D eigenvalue weighted by molar-refractivity contribution is 5.94. The number of aromatic nitrogens is 1. The van der Waals surface area contributed by atoms with Crippen molar-refractivity contribution in [3.63, 3.8) is 0 Å². The number of esters is 2. The SMILES string of the molecule is CCC1(O)C[C@@H]2CN(CCc3c([nH]c4ccccc34)[C@@](C(=O)OC)(c3cc4c(cc3OC)N(C)[C@@H]3[C@]45CCN4CC=C[C@@H](C[C@]3(O)C(=O)OC)[C@H]45)C2)C1. The molecule has 11 heteroatoms. The van der Waals surface area contributed by atoms with E-state index >= 15 is 4.79 Å². The molecular weight excluding hydrogens is 672 g/mol. The molecule has 5 aliphatic heterocycles. The smallest absolute Gasteiger partial charge is 0.340 e. The van der Waals surface area contributed by atoms with E-state index in [0.717, 1.165) is 66.0 Å². The van der Waals surface area contributed by atoms with Crippen LogP contribution in [0.2, 0.25) is 0 Å². The molecule has 3 aromatic rings. The number of benzene rings is 2. The van der Waals surface area contributed by atoms with Crippen LogP contribution in [0.15, 0.2) is 48.6 Å². The molecule has 1 saturated carbocycles. The van der Waals surface area contributed by atoms with E-state index in [2.05, 4.69) is 50.0 Å². The van der Waals surface area contributed by atoms with Gasteiger partial charge >= 0.3 is 11.9 Å². The lowest BCUT2D eigenvalue weighted by atomic mass is 9.55. The lowest BCUT2D eigenvalue weighted by molar-refractivity contribution is -0.174. The average molecular weight is 725 g/mol. The fraction of sp³-hybridized carbons (Fsp3) is 0.571. The molecular formula is C42H52N4O7. The largest absolute Gasteiger partial charge is 0.496 e. The van der Waals surface area contributed by atoms with Crippen molar-refractivity contribution in [2.45, 2.75) is 79.6 Å². The van der Waals surface area contributed by atoms with Crippen LogP contribution in [0.5, 0.6) is 5.75 Å². The van der Waals surface area contributed by atoms with Crippen molar-refractivity contribution in [2.24, 2.45) is 11.8 Å². The first-order chi connectivity index (χ1) is 25.5. The number of anilines is 1. The summed E-state index contributed by atoms with van der Waals surface area (Å²) in [6.45, 7) is 5.76. The first kappa shape index (κ1) is 34.8. The van der Waals surface area contributed by atoms with E-state index in [1.807, 2.05) is 32.2 Å². The highest BCUT2D eigenvalue weighted by Crippen LogP contribution is 2.64. The van der Waals surface area contributed by atoms with Crippen molar-refractivity contribution in [3.8, 4) is 5.75 Å². The van der Waals surface area contributed by atoms with E-state index in [9.17, 15) is 15.0 Å². The van der Waals surface area contributed by atoms with Crippen molar-refractivity contribution < 1.29 is 34.0 Å². The molecule has 1 aliphatic carbocycles. The van der Waals surface area contributed by atoms with Crippen LogP contribution in [0.25, 0.3) is 10.9 Å². The van der Waals surface area contributed by atoms with Gasteiger partial charge in [-0.25, -0.2) is 4.79 Å². The first-order valence-electron chi connectivity index (χ1n) is 19.3. The zero-order valence-corrected chi connectivity index (χ0v) is 31.5. The third-order valence-corrected chi connectivity index (χ3v) is 14.3. The Bertz CT molecular complexity index is 2030. The number of aliphatic hydroxyl groups is 2. The van der Waals surface area contributed by atoms with Gasteiger partial charge in [-0.15, -0.1) is 0 Å². The number of ether oxygens (including phenoxy) is 3. The Hall–Kier alpha value is -3.90. The number of piperidine rings is 1. The molecule has 1 aromatic heterocycles. The van der Waals surface area contributed by atoms with Crippen LogP contribution in [0, 0.1) is 11.8 Å². The topological polar surface area (TPSA) is 128 Å². The maximum atomic E-state index is 15.1. The average Bonchev–Trinajstić information content (AvgIpc) is 3.82. The van der Waals surface area contributed by atoms with Gasteiger partial charge in [-0.2, -0.15) is 0 Å². The number of carbonyl (C=O) groups excluding carboxylic acids is 2. The molecule has 0 radical (unpaired) electrons. The van der Waals surface area contributed by atoms with Crippen LogP contribution in [-0.4, -0.2) is 121 Å². The van der Waals surface area contributed by atoms with Crippen molar-refractivity contribution in [1.82, 2.24) is 14.8 Å². The number of methoxy groups -OCH3 is 3. The molecule has 11 nitrogen and oxygen atoms in total. The van der Waals surface area contributed by atoms with Gasteiger partial charge in [0.2, 0.25) is 0 Å². The highest BCUT2D eigenvalue weighted by atomic mass is 16.5. The van der Waals surface area contributed by atoms with E-state index in [4.69, 9.17) is 14.2 Å². The van der Waals surface area contributed by atoms with Crippen LogP contribution in [0.1, 0.15) is 61.4 Å². The number of nitrogens with one attached hydrogen (secondary N) is 1. The van der Waals surface area contributed by atoms with Crippen molar-refractivity contribution in [1.29, 1.82) is 0 Å². The number of aromatic amines is 1. The molecule has 9 rings (SSSR count). The fourth-order valence-electron chi connectivity index (χ4n) is 12.4. The van der Waals surface area contributed by atoms with Gasteiger partial charge in [0.25, 0.3) is 0 Å². The Kier molecular flexibility index (Phi) is 7.92. The van der Waals surface area contributed by atoms with Crippen LogP contribution < -0.4 is 9.64 Å². The van der Waals surface area contributed by atoms with Crippen LogP contribution in [0.4, 0.5) is 5.69 Å². The second-order valence-corrected chi connectivity index (χ2v) is 16.8. The number of likely N-dealkylation sites (N-methyl/N-ethyl adjacent to an activating group) is 1. The van der Waals surface area contributed by atoms with Crippen LogP contribution >= 0.6 is 0 Å². The number of hydrogen-bond acceptors (Lipinski definition) is 10. The molecule has 2 aromatic carbocycles. The number of fused-ring (bicyclic) bond motifs is 6. The van der Waals surface area contributed by atoms with Gasteiger partial charge in [-0.05, 0) is 80.2 Å². The molecule has 0 amide bonds. The summed E-state index contributed by atoms with van der Waals surface area (Å²) in [5.74, 6) is -0.583. The summed E-state index contributed by atoms with van der Waals surface area (Å²) in [5, 5.41) is 25.6. The number of nitrogens with zero attached hydrogens (tertiary/aromatic N) is 3. The minimum Gasteiger partial charge on any atom is -0.496 e. The Morgan fingerprint density at radius 1 is 1.00 bits per heavy atom. The Balaban J connectivity index is 1.34. The Labute approximate surface area is 310 Å². The van der Waals surface area contributed by atoms with Gasteiger partial charge < -0.3 is 34.3 Å². The van der Waals surface area contributed by atoms with E-state index in [-0.39, 0.29) is 30.3 Å². The predicted octanol–water partition coefficient (Wildman–Crippen LogP) is 3.67. The maximum absolute atomic E-state index is 15.1. The highest BCUT2D eigenvalue weighted by Gasteiger charge is 2.72. The van der Waals surface area contributed by atoms with E-state index in [0.29, 0.717) is 43.5 Å². The summed E-state index contributed by atoms with van der Waals surface area (Å²) in [5.41, 5.74) is 0.781. The molecule has 6 aliphatic rings. The van der Waals surface area contributed by atoms with Crippen molar-refractivity contribution >= 4 is 28.5 Å². The monoisotopic (exact) mass is 724 g/mol. The summed E-state index contributed by atoms with van der Waals surface area (Å²) in [7, 11) is 6.41. The molecule has 6 heterocycles. The predicted molar refractivity (Wildman–Crippen MR) is 200 cm³/mol. The number of H-pyrrole nitrogens is 1. The number of rotatable bonds is 5. The van der Waals surface area contributed by atoms with Gasteiger partial charge in [0, 0.05) is 78.6 Å². The van der Waals surface area contributed by atoms with Gasteiger partial charge in [-0.3, -0.25) is 14.6 Å². The quantitative estimate of drug-likeness (QED) is 0.265. The zero-order chi connectivity index (χ0) is 37.1. The summed E-state index contributed by atoms with van der Waals surface area (Å²) in [6.07, 6.45) is 7.58. The minimum absolute atomic E-state index is 0.0364. The van der Waals surface area contributed by atoms with E-state index in [1.54, 1.807) is 7.11 Å². The van der Waals surface area contributed by atoms with Gasteiger partial charge in [0.15, 0.2) is 5.60 Å². The summed E-state index contributed by atoms with van der Waals surface area (Å²) in [4.78, 5) is 39.6. The molecule has 53 heavy (non-hydrogen) atoms. The zero-order valence-electron chi connectivity index (χ0n) is 31.5. The van der Waals surface area contributed by atoms with E-state index in [1.165, 1.54) is 14.2 Å². The molecule has 3 fully saturated rings. The third kappa shape index (κ3) is 4.60. The molecule has 2 bridgehead atoms. The van der Waals surface area contributed by atoms with Crippen molar-refractivity contribution in [2.75, 3.05) is 66.0 Å². The summed E-state index contributed by atoms with van der Waals surface area (Å²) < 4.78 is 17.6. The summed E-state index contributed by atoms with van der Waals surface area (Å²) in [6, 6.07) is 11.9. The van der Waals surface area contributed by atoms with E-state index < -0.39 is 34.0 Å². The molecule has 1 spiro atoms. The number of hydrogen-bond donors (Lipinski definition) is 3. The van der Waals surface area contributed by atoms with Crippen molar-refractivity contribution in [3.05, 3.63) is 70.9 Å². The lowest BCUT2D eigenvalue weighted by Crippen LogP contribution is -2.71. The maximum Gasteiger partial charge on any atom is 0.340 e. The van der Waals surface area contributed by atoms with Gasteiger partial charge in [-0.1, -0.05) is 37.3 Å². The Morgan fingerprint density at radius 2 is 1.79 bits per heavy atom. The van der Waals surface area contributed by atoms with Crippen LogP contribution in [0.3, 0.4) is 0 Å². The normalized spacial score (nSPS) is 37.1. The molecule has 9 atom stereocenters. The summed E-state index contributed by atoms with van der Waals surface area (Å²) >= 11 is 0. The third-order valence-electron chi connectivity index (χ3n) is 14.3. The lowest BCUT2D eigenvalue weighted by Gasteiger charge is -2.55. The number of carbonyl (C=O) groups is 2.